The van der Waals surface area contributed by atoms with Crippen molar-refractivity contribution in [2.75, 3.05) is 6.61 Å². The second-order valence-corrected chi connectivity index (χ2v) is 10.0. The summed E-state index contributed by atoms with van der Waals surface area (Å²) in [6.07, 6.45) is 3.99. The van der Waals surface area contributed by atoms with Gasteiger partial charge in [0.15, 0.2) is 0 Å². The summed E-state index contributed by atoms with van der Waals surface area (Å²) in [6, 6.07) is 14.6. The topological polar surface area (TPSA) is 120 Å². The van der Waals surface area contributed by atoms with E-state index in [9.17, 15) is 20.3 Å². The molecule has 0 fully saturated rings. The Labute approximate surface area is 231 Å². The van der Waals surface area contributed by atoms with Crippen LogP contribution in [0.15, 0.2) is 48.7 Å². The van der Waals surface area contributed by atoms with Gasteiger partial charge in [0, 0.05) is 36.5 Å². The zero-order valence-electron chi connectivity index (χ0n) is 23.6. The van der Waals surface area contributed by atoms with Gasteiger partial charge in [0.05, 0.1) is 17.4 Å². The summed E-state index contributed by atoms with van der Waals surface area (Å²) < 4.78 is 7.65. The van der Waals surface area contributed by atoms with Crippen LogP contribution in [-0.2, 0) is 18.6 Å². The molecule has 1 aromatic heterocycles. The third-order valence-corrected chi connectivity index (χ3v) is 6.97. The van der Waals surface area contributed by atoms with Crippen LogP contribution in [0.3, 0.4) is 0 Å². The Morgan fingerprint density at radius 3 is 2.41 bits per heavy atom. The number of rotatable bonds is 13. The first-order chi connectivity index (χ1) is 18.7. The zero-order chi connectivity index (χ0) is 28.6. The summed E-state index contributed by atoms with van der Waals surface area (Å²) in [5, 5.41) is 33.1. The van der Waals surface area contributed by atoms with Crippen LogP contribution in [-0.4, -0.2) is 44.4 Å². The summed E-state index contributed by atoms with van der Waals surface area (Å²) in [6.45, 7) is 10.4. The van der Waals surface area contributed by atoms with Gasteiger partial charge in [0.1, 0.15) is 23.2 Å². The molecule has 1 heterocycles. The number of aliphatic hydroxyl groups excluding tert-OH is 1. The first-order valence-corrected chi connectivity index (χ1v) is 13.7. The summed E-state index contributed by atoms with van der Waals surface area (Å²) in [5.41, 5.74) is 2.46. The molecule has 8 heteroatoms. The van der Waals surface area contributed by atoms with Gasteiger partial charge in [-0.05, 0) is 70.2 Å². The van der Waals surface area contributed by atoms with Crippen molar-refractivity contribution in [3.8, 4) is 23.1 Å². The lowest BCUT2D eigenvalue weighted by molar-refractivity contribution is 0.0161. The minimum Gasteiger partial charge on any atom is -0.490 e. The lowest BCUT2D eigenvalue weighted by Crippen LogP contribution is -2.37. The fourth-order valence-corrected chi connectivity index (χ4v) is 4.59. The highest BCUT2D eigenvalue weighted by molar-refractivity contribution is 5.95. The monoisotopic (exact) mass is 532 g/mol. The van der Waals surface area contributed by atoms with Crippen molar-refractivity contribution in [3.63, 3.8) is 0 Å². The first-order valence-electron chi connectivity index (χ1n) is 13.7. The van der Waals surface area contributed by atoms with Crippen molar-refractivity contribution in [1.82, 2.24) is 14.9 Å². The number of nitrogens with zero attached hydrogens (tertiary/aromatic N) is 3. The van der Waals surface area contributed by atoms with Crippen molar-refractivity contribution < 1.29 is 19.7 Å². The van der Waals surface area contributed by atoms with Gasteiger partial charge in [-0.3, -0.25) is 4.79 Å². The second kappa shape index (κ2) is 13.4. The number of aromatic nitrogens is 2. The van der Waals surface area contributed by atoms with Crippen LogP contribution >= 0.6 is 0 Å². The van der Waals surface area contributed by atoms with Gasteiger partial charge in [-0.15, -0.1) is 0 Å². The van der Waals surface area contributed by atoms with Crippen LogP contribution in [0.4, 0.5) is 0 Å². The Hall–Kier alpha value is -3.67. The van der Waals surface area contributed by atoms with E-state index < -0.39 is 5.60 Å². The minimum atomic E-state index is -0.959. The fourth-order valence-electron chi connectivity index (χ4n) is 4.59. The third kappa shape index (κ3) is 7.25. The number of aryl methyl sites for hydroxylation is 1. The molecule has 0 aliphatic rings. The molecule has 0 aliphatic carbocycles. The predicted molar refractivity (Wildman–Crippen MR) is 151 cm³/mol. The van der Waals surface area contributed by atoms with Crippen LogP contribution in [0.5, 0.6) is 5.75 Å². The molecule has 39 heavy (non-hydrogen) atoms. The highest BCUT2D eigenvalue weighted by atomic mass is 16.5. The average Bonchev–Trinajstić information content (AvgIpc) is 3.38. The molecule has 208 valence electrons. The summed E-state index contributed by atoms with van der Waals surface area (Å²) >= 11 is 0. The SMILES string of the molecule is CCn1cc(-c2ccc(C[C@@H](CCO)NC(=O)c3ccc(OC(C)C)c(C#N)c3)cc2)nc1C(O)(CC)CC. The number of hydrogen-bond donors (Lipinski definition) is 3. The fraction of sp³-hybridized carbons (Fsp3) is 0.452. The van der Waals surface area contributed by atoms with Crippen molar-refractivity contribution in [2.24, 2.45) is 0 Å². The number of carbonyl (C=O) groups excluding carboxylic acids is 1. The molecule has 0 bridgehead atoms. The van der Waals surface area contributed by atoms with Crippen LogP contribution in [0.2, 0.25) is 0 Å². The number of imidazole rings is 1. The lowest BCUT2D eigenvalue weighted by atomic mass is 9.96. The quantitative estimate of drug-likeness (QED) is 0.286. The summed E-state index contributed by atoms with van der Waals surface area (Å²) in [7, 11) is 0. The van der Waals surface area contributed by atoms with Gasteiger partial charge in [0.25, 0.3) is 5.91 Å². The highest BCUT2D eigenvalue weighted by Crippen LogP contribution is 2.31. The van der Waals surface area contributed by atoms with E-state index in [1.54, 1.807) is 12.1 Å². The number of hydrogen-bond acceptors (Lipinski definition) is 6. The Morgan fingerprint density at radius 1 is 1.15 bits per heavy atom. The lowest BCUT2D eigenvalue weighted by Gasteiger charge is -2.25. The largest absolute Gasteiger partial charge is 0.490 e. The van der Waals surface area contributed by atoms with Gasteiger partial charge >= 0.3 is 0 Å². The van der Waals surface area contributed by atoms with E-state index in [0.717, 1.165) is 16.8 Å². The van der Waals surface area contributed by atoms with Crippen molar-refractivity contribution in [1.29, 1.82) is 5.26 Å². The van der Waals surface area contributed by atoms with E-state index in [4.69, 9.17) is 9.72 Å². The van der Waals surface area contributed by atoms with E-state index in [-0.39, 0.29) is 24.7 Å². The summed E-state index contributed by atoms with van der Waals surface area (Å²) in [5.74, 6) is 0.818. The summed E-state index contributed by atoms with van der Waals surface area (Å²) in [4.78, 5) is 17.8. The molecule has 3 rings (SSSR count). The molecule has 2 aromatic carbocycles. The zero-order valence-corrected chi connectivity index (χ0v) is 23.6. The predicted octanol–water partition coefficient (Wildman–Crippen LogP) is 4.96. The van der Waals surface area contributed by atoms with Crippen LogP contribution < -0.4 is 10.1 Å². The van der Waals surface area contributed by atoms with Gasteiger partial charge in [-0.2, -0.15) is 5.26 Å². The highest BCUT2D eigenvalue weighted by Gasteiger charge is 2.30. The molecule has 0 radical (unpaired) electrons. The Morgan fingerprint density at radius 2 is 1.85 bits per heavy atom. The van der Waals surface area contributed by atoms with E-state index in [1.807, 2.05) is 69.6 Å². The average molecular weight is 533 g/mol. The van der Waals surface area contributed by atoms with Gasteiger partial charge in [0.2, 0.25) is 0 Å². The maximum absolute atomic E-state index is 13.0. The maximum Gasteiger partial charge on any atom is 0.251 e. The van der Waals surface area contributed by atoms with Gasteiger partial charge < -0.3 is 24.8 Å². The Kier molecular flexibility index (Phi) is 10.3. The van der Waals surface area contributed by atoms with E-state index in [1.165, 1.54) is 6.07 Å². The molecule has 0 aliphatic heterocycles. The Bertz CT molecular complexity index is 1290. The second-order valence-electron chi connectivity index (χ2n) is 10.0. The van der Waals surface area contributed by atoms with Gasteiger partial charge in [-0.25, -0.2) is 4.98 Å². The molecule has 1 amide bonds. The third-order valence-electron chi connectivity index (χ3n) is 6.97. The molecule has 0 saturated carbocycles. The molecule has 1 atom stereocenters. The molecule has 3 N–H and O–H groups in total. The van der Waals surface area contributed by atoms with Gasteiger partial charge in [-0.1, -0.05) is 38.1 Å². The molecule has 0 spiro atoms. The number of amides is 1. The Balaban J connectivity index is 1.75. The normalized spacial score (nSPS) is 12.3. The van der Waals surface area contributed by atoms with Crippen LogP contribution in [0, 0.1) is 11.3 Å². The minimum absolute atomic E-state index is 0.0668. The number of benzene rings is 2. The molecule has 8 nitrogen and oxygen atoms in total. The molecular formula is C31H40N4O4. The van der Waals surface area contributed by atoms with E-state index >= 15 is 0 Å². The molecule has 0 unspecified atom stereocenters. The van der Waals surface area contributed by atoms with Crippen molar-refractivity contribution in [2.45, 2.75) is 84.6 Å². The number of nitrogens with one attached hydrogen (secondary N) is 1. The van der Waals surface area contributed by atoms with E-state index in [0.29, 0.717) is 54.9 Å². The molecule has 3 aromatic rings. The van der Waals surface area contributed by atoms with Crippen LogP contribution in [0.1, 0.15) is 81.2 Å². The molecular weight excluding hydrogens is 492 g/mol. The van der Waals surface area contributed by atoms with Crippen molar-refractivity contribution >= 4 is 5.91 Å². The van der Waals surface area contributed by atoms with E-state index in [2.05, 4.69) is 11.4 Å². The van der Waals surface area contributed by atoms with Crippen molar-refractivity contribution in [3.05, 3.63) is 71.2 Å². The first kappa shape index (κ1) is 29.9. The molecule has 0 saturated heterocycles. The number of ether oxygens (including phenoxy) is 1. The number of carbonyl (C=O) groups is 1. The maximum atomic E-state index is 13.0. The number of aliphatic hydroxyl groups is 2. The number of nitriles is 1. The standard InChI is InChI=1S/C31H40N4O4/c1-6-31(38,7-2)30-34-27(20-35(30)8-3)23-11-9-22(10-12-23)17-26(15-16-36)33-29(37)24-13-14-28(39-21(4)5)25(18-24)19-32/h9-14,18,20-21,26,36,38H,6-8,15-17H2,1-5H3,(H,33,37)/t26-/m1/s1. The van der Waals surface area contributed by atoms with Crippen LogP contribution in [0.25, 0.3) is 11.3 Å². The smallest absolute Gasteiger partial charge is 0.251 e.